The van der Waals surface area contributed by atoms with Crippen molar-refractivity contribution in [1.29, 1.82) is 0 Å². The Kier molecular flexibility index (Phi) is 5.95. The van der Waals surface area contributed by atoms with Crippen molar-refractivity contribution in [2.45, 2.75) is 38.6 Å². The summed E-state index contributed by atoms with van der Waals surface area (Å²) in [6, 6.07) is 0.681. The standard InChI is InChI=1S/C17H22F3N3O5/c1-16(2,3)28-15(26)22-7-8-23(11(9-22)14(24)25)12-6-5-10(17(18,19)20)13(21-12)27-4/h5-6,11H,7-9H2,1-4H3,(H,24,25)/t11-/m0/s1. The number of carbonyl (C=O) groups is 2. The molecule has 1 saturated heterocycles. The van der Waals surface area contributed by atoms with Gasteiger partial charge in [-0.1, -0.05) is 0 Å². The highest BCUT2D eigenvalue weighted by molar-refractivity contribution is 5.80. The van der Waals surface area contributed by atoms with Crippen LogP contribution in [0, 0.1) is 0 Å². The highest BCUT2D eigenvalue weighted by atomic mass is 19.4. The summed E-state index contributed by atoms with van der Waals surface area (Å²) in [6.45, 7) is 5.05. The molecular formula is C17H22F3N3O5. The van der Waals surface area contributed by atoms with Gasteiger partial charge in [0.15, 0.2) is 0 Å². The zero-order valence-corrected chi connectivity index (χ0v) is 15.9. The van der Waals surface area contributed by atoms with Crippen molar-refractivity contribution in [2.75, 3.05) is 31.6 Å². The summed E-state index contributed by atoms with van der Waals surface area (Å²) in [5, 5.41) is 9.55. The molecule has 1 aliphatic rings. The zero-order valence-electron chi connectivity index (χ0n) is 15.9. The Bertz CT molecular complexity index is 749. The van der Waals surface area contributed by atoms with E-state index in [1.807, 2.05) is 0 Å². The van der Waals surface area contributed by atoms with Crippen molar-refractivity contribution in [3.63, 3.8) is 0 Å². The third-order valence-electron chi connectivity index (χ3n) is 3.96. The van der Waals surface area contributed by atoms with E-state index < -0.39 is 41.3 Å². The molecule has 2 heterocycles. The van der Waals surface area contributed by atoms with Crippen LogP contribution in [0.4, 0.5) is 23.8 Å². The normalized spacial score (nSPS) is 18.0. The number of anilines is 1. The lowest BCUT2D eigenvalue weighted by Crippen LogP contribution is -2.58. The highest BCUT2D eigenvalue weighted by Crippen LogP contribution is 2.36. The third kappa shape index (κ3) is 4.96. The van der Waals surface area contributed by atoms with E-state index in [-0.39, 0.29) is 25.5 Å². The van der Waals surface area contributed by atoms with E-state index in [1.54, 1.807) is 20.8 Å². The molecule has 1 aromatic heterocycles. The lowest BCUT2D eigenvalue weighted by Gasteiger charge is -2.40. The number of carboxylic acids is 1. The van der Waals surface area contributed by atoms with Gasteiger partial charge in [-0.25, -0.2) is 9.59 Å². The number of hydrogen-bond donors (Lipinski definition) is 1. The van der Waals surface area contributed by atoms with Crippen molar-refractivity contribution in [3.05, 3.63) is 17.7 Å². The predicted molar refractivity (Wildman–Crippen MR) is 92.4 cm³/mol. The SMILES string of the molecule is COc1nc(N2CCN(C(=O)OC(C)(C)C)C[C@H]2C(=O)O)ccc1C(F)(F)F. The lowest BCUT2D eigenvalue weighted by molar-refractivity contribution is -0.140. The first-order valence-corrected chi connectivity index (χ1v) is 8.43. The molecule has 2 rings (SSSR count). The molecule has 1 aliphatic heterocycles. The Morgan fingerprint density at radius 2 is 1.86 bits per heavy atom. The molecule has 0 spiro atoms. The van der Waals surface area contributed by atoms with Crippen LogP contribution >= 0.6 is 0 Å². The summed E-state index contributed by atoms with van der Waals surface area (Å²) in [5.41, 5.74) is -1.80. The number of aliphatic carboxylic acids is 1. The first kappa shape index (κ1) is 21.6. The minimum atomic E-state index is -4.65. The van der Waals surface area contributed by atoms with Crippen molar-refractivity contribution >= 4 is 17.9 Å². The van der Waals surface area contributed by atoms with Crippen LogP contribution in [-0.4, -0.2) is 65.4 Å². The van der Waals surface area contributed by atoms with Gasteiger partial charge >= 0.3 is 18.2 Å². The summed E-state index contributed by atoms with van der Waals surface area (Å²) < 4.78 is 49.0. The van der Waals surface area contributed by atoms with E-state index in [2.05, 4.69) is 4.98 Å². The average Bonchev–Trinajstić information content (AvgIpc) is 2.58. The van der Waals surface area contributed by atoms with E-state index in [0.29, 0.717) is 0 Å². The molecule has 0 aliphatic carbocycles. The molecule has 1 aromatic rings. The Labute approximate surface area is 159 Å². The van der Waals surface area contributed by atoms with E-state index >= 15 is 0 Å². The molecule has 1 atom stereocenters. The number of nitrogens with zero attached hydrogens (tertiary/aromatic N) is 3. The minimum absolute atomic E-state index is 0.0149. The van der Waals surface area contributed by atoms with E-state index in [1.165, 1.54) is 9.80 Å². The number of rotatable bonds is 3. The number of ether oxygens (including phenoxy) is 2. The van der Waals surface area contributed by atoms with Crippen molar-refractivity contribution < 1.29 is 37.3 Å². The molecule has 0 radical (unpaired) electrons. The van der Waals surface area contributed by atoms with Crippen molar-refractivity contribution in [2.24, 2.45) is 0 Å². The summed E-state index contributed by atoms with van der Waals surface area (Å²) in [7, 11) is 1.05. The van der Waals surface area contributed by atoms with Gasteiger partial charge in [-0.15, -0.1) is 0 Å². The van der Waals surface area contributed by atoms with Crippen LogP contribution in [0.3, 0.4) is 0 Å². The van der Waals surface area contributed by atoms with Crippen LogP contribution in [0.2, 0.25) is 0 Å². The van der Waals surface area contributed by atoms with Gasteiger partial charge in [-0.05, 0) is 32.9 Å². The molecule has 0 aromatic carbocycles. The maximum atomic E-state index is 13.0. The highest BCUT2D eigenvalue weighted by Gasteiger charge is 2.39. The number of hydrogen-bond acceptors (Lipinski definition) is 6. The summed E-state index contributed by atoms with van der Waals surface area (Å²) >= 11 is 0. The Morgan fingerprint density at radius 1 is 1.21 bits per heavy atom. The Hall–Kier alpha value is -2.72. The molecule has 8 nitrogen and oxygen atoms in total. The fourth-order valence-electron chi connectivity index (χ4n) is 2.72. The van der Waals surface area contributed by atoms with Crippen LogP contribution in [0.25, 0.3) is 0 Å². The van der Waals surface area contributed by atoms with Crippen LogP contribution in [0.15, 0.2) is 12.1 Å². The number of halogens is 3. The molecule has 0 unspecified atom stereocenters. The fraction of sp³-hybridized carbons (Fsp3) is 0.588. The molecule has 1 fully saturated rings. The van der Waals surface area contributed by atoms with Gasteiger partial charge in [0, 0.05) is 13.1 Å². The molecule has 11 heteroatoms. The number of carboxylic acid groups (broad SMARTS) is 1. The number of pyridine rings is 1. The number of amides is 1. The van der Waals surface area contributed by atoms with Gasteiger partial charge in [0.05, 0.1) is 13.7 Å². The van der Waals surface area contributed by atoms with Gasteiger partial charge in [0.2, 0.25) is 5.88 Å². The summed E-state index contributed by atoms with van der Waals surface area (Å²) in [5.74, 6) is -1.88. The molecule has 1 amide bonds. The molecule has 156 valence electrons. The second-order valence-electron chi connectivity index (χ2n) is 7.20. The molecule has 1 N–H and O–H groups in total. The van der Waals surface area contributed by atoms with Gasteiger partial charge < -0.3 is 24.4 Å². The number of methoxy groups -OCH3 is 1. The van der Waals surface area contributed by atoms with Crippen LogP contribution in [-0.2, 0) is 15.7 Å². The zero-order chi connectivity index (χ0) is 21.3. The Morgan fingerprint density at radius 3 is 2.36 bits per heavy atom. The smallest absolute Gasteiger partial charge is 0.421 e. The summed E-state index contributed by atoms with van der Waals surface area (Å²) in [4.78, 5) is 30.3. The lowest BCUT2D eigenvalue weighted by atomic mass is 10.1. The van der Waals surface area contributed by atoms with Crippen LogP contribution in [0.5, 0.6) is 5.88 Å². The van der Waals surface area contributed by atoms with Crippen molar-refractivity contribution in [1.82, 2.24) is 9.88 Å². The quantitative estimate of drug-likeness (QED) is 0.826. The Balaban J connectivity index is 2.27. The third-order valence-corrected chi connectivity index (χ3v) is 3.96. The number of carbonyl (C=O) groups excluding carboxylic acids is 1. The monoisotopic (exact) mass is 405 g/mol. The second kappa shape index (κ2) is 7.72. The first-order chi connectivity index (χ1) is 12.8. The topological polar surface area (TPSA) is 92.2 Å². The number of alkyl halides is 3. The first-order valence-electron chi connectivity index (χ1n) is 8.43. The number of piperazine rings is 1. The maximum Gasteiger partial charge on any atom is 0.421 e. The second-order valence-corrected chi connectivity index (χ2v) is 7.20. The maximum absolute atomic E-state index is 13.0. The molecule has 28 heavy (non-hydrogen) atoms. The molecule has 0 saturated carbocycles. The van der Waals surface area contributed by atoms with Crippen LogP contribution in [0.1, 0.15) is 26.3 Å². The predicted octanol–water partition coefficient (Wildman–Crippen LogP) is 2.62. The number of aromatic nitrogens is 1. The minimum Gasteiger partial charge on any atom is -0.481 e. The van der Waals surface area contributed by atoms with Gasteiger partial charge in [-0.3, -0.25) is 0 Å². The molecular weight excluding hydrogens is 383 g/mol. The van der Waals surface area contributed by atoms with E-state index in [9.17, 15) is 27.9 Å². The average molecular weight is 405 g/mol. The fourth-order valence-corrected chi connectivity index (χ4v) is 2.72. The summed E-state index contributed by atoms with van der Waals surface area (Å²) in [6.07, 6.45) is -5.31. The largest absolute Gasteiger partial charge is 0.481 e. The van der Waals surface area contributed by atoms with Gasteiger partial charge in [0.1, 0.15) is 23.0 Å². The van der Waals surface area contributed by atoms with Crippen molar-refractivity contribution in [3.8, 4) is 5.88 Å². The van der Waals surface area contributed by atoms with Crippen LogP contribution < -0.4 is 9.64 Å². The van der Waals surface area contributed by atoms with Gasteiger partial charge in [-0.2, -0.15) is 18.2 Å². The molecule has 0 bridgehead atoms. The van der Waals surface area contributed by atoms with Gasteiger partial charge in [0.25, 0.3) is 0 Å². The van der Waals surface area contributed by atoms with E-state index in [0.717, 1.165) is 19.2 Å². The van der Waals surface area contributed by atoms with E-state index in [4.69, 9.17) is 9.47 Å².